The van der Waals surface area contributed by atoms with Crippen molar-refractivity contribution in [2.75, 3.05) is 23.9 Å². The fourth-order valence-corrected chi connectivity index (χ4v) is 4.86. The molecule has 7 heteroatoms. The van der Waals surface area contributed by atoms with Gasteiger partial charge in [-0.3, -0.25) is 9.10 Å². The van der Waals surface area contributed by atoms with Crippen LogP contribution in [0.5, 0.6) is 0 Å². The number of hydrogen-bond acceptors (Lipinski definition) is 3. The van der Waals surface area contributed by atoms with Crippen molar-refractivity contribution < 1.29 is 13.2 Å². The van der Waals surface area contributed by atoms with Crippen molar-refractivity contribution in [3.8, 4) is 0 Å². The smallest absolute Gasteiger partial charge is 0.264 e. The lowest BCUT2D eigenvalue weighted by molar-refractivity contribution is -0.130. The van der Waals surface area contributed by atoms with E-state index in [2.05, 4.69) is 6.92 Å². The Hall–Kier alpha value is -2.05. The molecule has 0 saturated carbocycles. The van der Waals surface area contributed by atoms with Crippen molar-refractivity contribution in [2.45, 2.75) is 31.6 Å². The highest BCUT2D eigenvalue weighted by molar-refractivity contribution is 7.92. The van der Waals surface area contributed by atoms with Gasteiger partial charge in [0.15, 0.2) is 0 Å². The van der Waals surface area contributed by atoms with Gasteiger partial charge in [0.1, 0.15) is 6.54 Å². The summed E-state index contributed by atoms with van der Waals surface area (Å²) in [5.41, 5.74) is 1.35. The van der Waals surface area contributed by atoms with Gasteiger partial charge in [-0.2, -0.15) is 0 Å². The Kier molecular flexibility index (Phi) is 6.30. The summed E-state index contributed by atoms with van der Waals surface area (Å²) in [7, 11) is -3.90. The largest absolute Gasteiger partial charge is 0.341 e. The number of sulfonamides is 1. The van der Waals surface area contributed by atoms with Gasteiger partial charge in [-0.25, -0.2) is 8.42 Å². The van der Waals surface area contributed by atoms with E-state index in [9.17, 15) is 13.2 Å². The molecule has 150 valence electrons. The second-order valence-electron chi connectivity index (χ2n) is 7.37. The topological polar surface area (TPSA) is 57.7 Å². The van der Waals surface area contributed by atoms with E-state index in [1.165, 1.54) is 0 Å². The number of piperidine rings is 1. The Morgan fingerprint density at radius 2 is 1.79 bits per heavy atom. The Morgan fingerprint density at radius 1 is 1.14 bits per heavy atom. The normalized spacial score (nSPS) is 15.5. The molecule has 0 radical (unpaired) electrons. The summed E-state index contributed by atoms with van der Waals surface area (Å²) in [5.74, 6) is 0.395. The van der Waals surface area contributed by atoms with E-state index in [1.807, 2.05) is 6.92 Å². The van der Waals surface area contributed by atoms with E-state index in [1.54, 1.807) is 53.4 Å². The van der Waals surface area contributed by atoms with Crippen LogP contribution in [-0.4, -0.2) is 38.9 Å². The van der Waals surface area contributed by atoms with Crippen LogP contribution < -0.4 is 4.31 Å². The molecule has 0 bridgehead atoms. The highest BCUT2D eigenvalue weighted by atomic mass is 35.5. The zero-order valence-corrected chi connectivity index (χ0v) is 17.7. The van der Waals surface area contributed by atoms with E-state index >= 15 is 0 Å². The Bertz CT molecular complexity index is 936. The Morgan fingerprint density at radius 3 is 2.39 bits per heavy atom. The third-order valence-electron chi connectivity index (χ3n) is 5.12. The predicted molar refractivity (Wildman–Crippen MR) is 112 cm³/mol. The van der Waals surface area contributed by atoms with E-state index in [-0.39, 0.29) is 17.3 Å². The number of amides is 1. The van der Waals surface area contributed by atoms with E-state index in [4.69, 9.17) is 11.6 Å². The molecule has 5 nitrogen and oxygen atoms in total. The Labute approximate surface area is 172 Å². The van der Waals surface area contributed by atoms with Crippen LogP contribution in [0.4, 0.5) is 5.69 Å². The van der Waals surface area contributed by atoms with Gasteiger partial charge in [-0.05, 0) is 56.0 Å². The zero-order chi connectivity index (χ0) is 20.3. The summed E-state index contributed by atoms with van der Waals surface area (Å²) in [6.07, 6.45) is 1.88. The summed E-state index contributed by atoms with van der Waals surface area (Å²) >= 11 is 6.09. The molecule has 2 aromatic rings. The fraction of sp³-hybridized carbons (Fsp3) is 0.381. The van der Waals surface area contributed by atoms with Crippen molar-refractivity contribution in [2.24, 2.45) is 5.92 Å². The third-order valence-corrected chi connectivity index (χ3v) is 7.14. The number of aryl methyl sites for hydroxylation is 1. The maximum atomic E-state index is 13.3. The monoisotopic (exact) mass is 420 g/mol. The molecule has 28 heavy (non-hydrogen) atoms. The molecule has 1 aliphatic heterocycles. The average molecular weight is 421 g/mol. The molecular weight excluding hydrogens is 396 g/mol. The summed E-state index contributed by atoms with van der Waals surface area (Å²) in [5, 5.41) is 0.417. The quantitative estimate of drug-likeness (QED) is 0.731. The lowest BCUT2D eigenvalue weighted by atomic mass is 9.99. The molecule has 0 N–H and O–H groups in total. The van der Waals surface area contributed by atoms with E-state index in [0.29, 0.717) is 29.7 Å². The van der Waals surface area contributed by atoms with Crippen molar-refractivity contribution in [1.82, 2.24) is 4.90 Å². The first-order valence-electron chi connectivity index (χ1n) is 9.40. The first-order chi connectivity index (χ1) is 13.3. The SMILES string of the molecule is Cc1ccc(S(=O)(=O)N(CC(=O)N2CCC(C)CC2)c2cccc(Cl)c2)cc1. The highest BCUT2D eigenvalue weighted by Gasteiger charge is 2.30. The van der Waals surface area contributed by atoms with Crippen LogP contribution in [0.2, 0.25) is 5.02 Å². The first-order valence-corrected chi connectivity index (χ1v) is 11.2. The van der Waals surface area contributed by atoms with Crippen molar-refractivity contribution in [3.05, 3.63) is 59.1 Å². The summed E-state index contributed by atoms with van der Waals surface area (Å²) < 4.78 is 27.8. The fourth-order valence-electron chi connectivity index (χ4n) is 3.26. The van der Waals surface area contributed by atoms with Gasteiger partial charge in [0.05, 0.1) is 10.6 Å². The maximum absolute atomic E-state index is 13.3. The number of likely N-dealkylation sites (tertiary alicyclic amines) is 1. The molecule has 0 unspecified atom stereocenters. The van der Waals surface area contributed by atoms with Gasteiger partial charge in [0.25, 0.3) is 10.0 Å². The number of rotatable bonds is 5. The lowest BCUT2D eigenvalue weighted by Crippen LogP contribution is -2.45. The number of hydrogen-bond donors (Lipinski definition) is 0. The van der Waals surface area contributed by atoms with Crippen LogP contribution in [0.1, 0.15) is 25.3 Å². The van der Waals surface area contributed by atoms with E-state index in [0.717, 1.165) is 22.7 Å². The molecule has 0 aromatic heterocycles. The molecule has 0 aliphatic carbocycles. The molecule has 1 aliphatic rings. The second kappa shape index (κ2) is 8.53. The summed E-state index contributed by atoms with van der Waals surface area (Å²) in [4.78, 5) is 14.8. The second-order valence-corrected chi connectivity index (χ2v) is 9.67. The molecule has 0 atom stereocenters. The maximum Gasteiger partial charge on any atom is 0.264 e. The van der Waals surface area contributed by atoms with Gasteiger partial charge in [-0.15, -0.1) is 0 Å². The van der Waals surface area contributed by atoms with Gasteiger partial charge in [0.2, 0.25) is 5.91 Å². The molecule has 2 aromatic carbocycles. The van der Waals surface area contributed by atoms with Crippen molar-refractivity contribution >= 4 is 33.2 Å². The minimum absolute atomic E-state index is 0.151. The summed E-state index contributed by atoms with van der Waals surface area (Å²) in [6, 6.07) is 13.2. The predicted octanol–water partition coefficient (Wildman–Crippen LogP) is 4.10. The number of carbonyl (C=O) groups is 1. The lowest BCUT2D eigenvalue weighted by Gasteiger charge is -2.32. The van der Waals surface area contributed by atoms with E-state index < -0.39 is 10.0 Å². The Balaban J connectivity index is 1.93. The third kappa shape index (κ3) is 4.67. The summed E-state index contributed by atoms with van der Waals surface area (Å²) in [6.45, 7) is 5.14. The first kappa shape index (κ1) is 20.7. The average Bonchev–Trinajstić information content (AvgIpc) is 2.66. The molecule has 1 amide bonds. The molecule has 3 rings (SSSR count). The van der Waals surface area contributed by atoms with Crippen molar-refractivity contribution in [3.63, 3.8) is 0 Å². The number of halogens is 1. The standard InChI is InChI=1S/C21H25ClN2O3S/c1-16-6-8-20(9-7-16)28(26,27)24(19-5-3-4-18(22)14-19)15-21(25)23-12-10-17(2)11-13-23/h3-9,14,17H,10-13,15H2,1-2H3. The van der Waals surface area contributed by atoms with Crippen LogP contribution >= 0.6 is 11.6 Å². The van der Waals surface area contributed by atoms with Gasteiger partial charge in [-0.1, -0.05) is 42.3 Å². The number of benzene rings is 2. The van der Waals surface area contributed by atoms with Crippen LogP contribution in [-0.2, 0) is 14.8 Å². The van der Waals surface area contributed by atoms with Crippen LogP contribution in [0.3, 0.4) is 0 Å². The number of nitrogens with zero attached hydrogens (tertiary/aromatic N) is 2. The highest BCUT2D eigenvalue weighted by Crippen LogP contribution is 2.27. The molecular formula is C21H25ClN2O3S. The molecule has 1 heterocycles. The minimum Gasteiger partial charge on any atom is -0.341 e. The molecule has 1 saturated heterocycles. The van der Waals surface area contributed by atoms with Crippen LogP contribution in [0.15, 0.2) is 53.4 Å². The van der Waals surface area contributed by atoms with Gasteiger partial charge >= 0.3 is 0 Å². The van der Waals surface area contributed by atoms with Crippen molar-refractivity contribution in [1.29, 1.82) is 0 Å². The molecule has 0 spiro atoms. The number of carbonyl (C=O) groups excluding carboxylic acids is 1. The number of anilines is 1. The van der Waals surface area contributed by atoms with Gasteiger partial charge < -0.3 is 4.90 Å². The van der Waals surface area contributed by atoms with Gasteiger partial charge in [0, 0.05) is 18.1 Å². The zero-order valence-electron chi connectivity index (χ0n) is 16.1. The minimum atomic E-state index is -3.90. The van der Waals surface area contributed by atoms with Crippen LogP contribution in [0.25, 0.3) is 0 Å². The molecule has 1 fully saturated rings. The van der Waals surface area contributed by atoms with Crippen LogP contribution in [0, 0.1) is 12.8 Å².